The number of rotatable bonds is 4. The number of carbonyl (C=O) groups excluding carboxylic acids is 1. The van der Waals surface area contributed by atoms with E-state index in [9.17, 15) is 9.90 Å². The molecular weight excluding hydrogens is 354 g/mol. The van der Waals surface area contributed by atoms with Gasteiger partial charge in [-0.15, -0.1) is 10.2 Å². The third-order valence-corrected chi connectivity index (χ3v) is 4.74. The van der Waals surface area contributed by atoms with Gasteiger partial charge in [-0.05, 0) is 61.2 Å². The minimum absolute atomic E-state index is 0.0305. The first-order chi connectivity index (χ1) is 12.4. The predicted octanol–water partition coefficient (Wildman–Crippen LogP) is 2.07. The van der Waals surface area contributed by atoms with Crippen molar-refractivity contribution in [3.8, 4) is 0 Å². The summed E-state index contributed by atoms with van der Waals surface area (Å²) in [5.74, 6) is 0.542. The lowest BCUT2D eigenvalue weighted by Crippen LogP contribution is -2.45. The van der Waals surface area contributed by atoms with Gasteiger partial charge in [0.15, 0.2) is 5.82 Å². The minimum Gasteiger partial charge on any atom is -0.393 e. The number of tetrazole rings is 1. The van der Waals surface area contributed by atoms with Crippen LogP contribution in [0.3, 0.4) is 0 Å². The van der Waals surface area contributed by atoms with Crippen molar-refractivity contribution >= 4 is 23.6 Å². The first kappa shape index (κ1) is 18.5. The number of halogens is 1. The number of aromatic nitrogens is 4. The molecule has 1 N–H and O–H groups in total. The summed E-state index contributed by atoms with van der Waals surface area (Å²) in [5.41, 5.74) is 1.78. The van der Waals surface area contributed by atoms with Crippen molar-refractivity contribution in [1.82, 2.24) is 25.1 Å². The monoisotopic (exact) mass is 375 g/mol. The highest BCUT2D eigenvalue weighted by molar-refractivity contribution is 6.30. The van der Waals surface area contributed by atoms with E-state index in [-0.39, 0.29) is 18.1 Å². The average Bonchev–Trinajstić information content (AvgIpc) is 2.99. The lowest BCUT2D eigenvalue weighted by molar-refractivity contribution is -0.130. The Hall–Kier alpha value is -2.25. The molecule has 3 rings (SSSR count). The van der Waals surface area contributed by atoms with Gasteiger partial charge in [-0.1, -0.05) is 17.7 Å². The summed E-state index contributed by atoms with van der Waals surface area (Å²) in [4.78, 5) is 15.8. The smallest absolute Gasteiger partial charge is 0.246 e. The van der Waals surface area contributed by atoms with Crippen LogP contribution in [-0.2, 0) is 11.3 Å². The van der Waals surface area contributed by atoms with Crippen LogP contribution in [0.25, 0.3) is 6.08 Å². The third-order valence-electron chi connectivity index (χ3n) is 4.51. The predicted molar refractivity (Wildman–Crippen MR) is 98.6 cm³/mol. The molecule has 2 heterocycles. The second-order valence-corrected chi connectivity index (χ2v) is 7.04. The van der Waals surface area contributed by atoms with Crippen molar-refractivity contribution in [1.29, 1.82) is 0 Å². The maximum absolute atomic E-state index is 12.5. The van der Waals surface area contributed by atoms with E-state index in [2.05, 4.69) is 15.4 Å². The second kappa shape index (κ2) is 7.97. The summed E-state index contributed by atoms with van der Waals surface area (Å²) in [6.45, 7) is 4.72. The molecule has 138 valence electrons. The Labute approximate surface area is 157 Å². The molecular formula is C18H22ClN5O2. The highest BCUT2D eigenvalue weighted by Crippen LogP contribution is 2.20. The highest BCUT2D eigenvalue weighted by Gasteiger charge is 2.26. The first-order valence-corrected chi connectivity index (χ1v) is 9.00. The summed E-state index contributed by atoms with van der Waals surface area (Å²) >= 11 is 6.12. The van der Waals surface area contributed by atoms with Crippen LogP contribution >= 0.6 is 11.6 Å². The summed E-state index contributed by atoms with van der Waals surface area (Å²) in [5, 5.41) is 22.3. The standard InChI is InChI=1S/C18H22ClN5O2/c1-12-9-17(25)7-8-23(12)18(26)6-4-14-3-5-16(19)10-15(14)11-24-21-13(2)20-22-24/h3-6,10,12,17,25H,7-9,11H2,1-2H3/b6-4+/t12-,17+/m0/s1. The molecule has 7 nitrogen and oxygen atoms in total. The van der Waals surface area contributed by atoms with Crippen LogP contribution in [0.1, 0.15) is 36.7 Å². The lowest BCUT2D eigenvalue weighted by Gasteiger charge is -2.35. The fourth-order valence-electron chi connectivity index (χ4n) is 3.15. The van der Waals surface area contributed by atoms with E-state index in [1.54, 1.807) is 30.0 Å². The van der Waals surface area contributed by atoms with Crippen molar-refractivity contribution < 1.29 is 9.90 Å². The maximum Gasteiger partial charge on any atom is 0.246 e. The quantitative estimate of drug-likeness (QED) is 0.827. The molecule has 1 aromatic heterocycles. The number of aryl methyl sites for hydroxylation is 1. The number of aliphatic hydroxyl groups excluding tert-OH is 1. The molecule has 0 spiro atoms. The van der Waals surface area contributed by atoms with Gasteiger partial charge in [0.25, 0.3) is 0 Å². The van der Waals surface area contributed by atoms with Gasteiger partial charge in [0.05, 0.1) is 12.6 Å². The van der Waals surface area contributed by atoms with Gasteiger partial charge < -0.3 is 10.0 Å². The Kier molecular flexibility index (Phi) is 5.68. The number of piperidine rings is 1. The van der Waals surface area contributed by atoms with Gasteiger partial charge >= 0.3 is 0 Å². The fourth-order valence-corrected chi connectivity index (χ4v) is 3.34. The SMILES string of the molecule is Cc1nnn(Cc2cc(Cl)ccc2/C=C/C(=O)N2CC[C@@H](O)C[C@@H]2C)n1. The molecule has 8 heteroatoms. The summed E-state index contributed by atoms with van der Waals surface area (Å²) < 4.78 is 0. The molecule has 1 aliphatic heterocycles. The lowest BCUT2D eigenvalue weighted by atomic mass is 10.0. The highest BCUT2D eigenvalue weighted by atomic mass is 35.5. The van der Waals surface area contributed by atoms with Gasteiger partial charge in [0.2, 0.25) is 5.91 Å². The van der Waals surface area contributed by atoms with Crippen molar-refractivity contribution in [2.75, 3.05) is 6.54 Å². The molecule has 26 heavy (non-hydrogen) atoms. The molecule has 0 bridgehead atoms. The van der Waals surface area contributed by atoms with E-state index < -0.39 is 0 Å². The first-order valence-electron chi connectivity index (χ1n) is 8.62. The van der Waals surface area contributed by atoms with Crippen LogP contribution < -0.4 is 0 Å². The molecule has 1 amide bonds. The molecule has 0 radical (unpaired) electrons. The van der Waals surface area contributed by atoms with Gasteiger partial charge in [-0.3, -0.25) is 4.79 Å². The van der Waals surface area contributed by atoms with Gasteiger partial charge in [0, 0.05) is 23.7 Å². The van der Waals surface area contributed by atoms with Gasteiger partial charge in [-0.2, -0.15) is 4.80 Å². The topological polar surface area (TPSA) is 84.1 Å². The molecule has 2 aromatic rings. The summed E-state index contributed by atoms with van der Waals surface area (Å²) in [6.07, 6.45) is 4.27. The van der Waals surface area contributed by atoms with E-state index in [0.29, 0.717) is 36.8 Å². The van der Waals surface area contributed by atoms with E-state index in [0.717, 1.165) is 11.1 Å². The van der Waals surface area contributed by atoms with Gasteiger partial charge in [0.1, 0.15) is 0 Å². The van der Waals surface area contributed by atoms with Crippen LogP contribution in [0.2, 0.25) is 5.02 Å². The minimum atomic E-state index is -0.320. The van der Waals surface area contributed by atoms with Crippen molar-refractivity contribution in [3.05, 3.63) is 46.2 Å². The van der Waals surface area contributed by atoms with Crippen LogP contribution in [-0.4, -0.2) is 54.8 Å². The van der Waals surface area contributed by atoms with E-state index in [4.69, 9.17) is 11.6 Å². The van der Waals surface area contributed by atoms with Crippen LogP contribution in [0.5, 0.6) is 0 Å². The second-order valence-electron chi connectivity index (χ2n) is 6.60. The summed E-state index contributed by atoms with van der Waals surface area (Å²) in [6, 6.07) is 5.52. The Bertz CT molecular complexity index is 820. The number of amides is 1. The average molecular weight is 376 g/mol. The maximum atomic E-state index is 12.5. The molecule has 1 aliphatic rings. The number of aliphatic hydroxyl groups is 1. The largest absolute Gasteiger partial charge is 0.393 e. The third kappa shape index (κ3) is 4.47. The normalized spacial score (nSPS) is 20.7. The number of likely N-dealkylation sites (tertiary alicyclic amines) is 1. The fraction of sp³-hybridized carbons (Fsp3) is 0.444. The Balaban J connectivity index is 1.76. The zero-order valence-corrected chi connectivity index (χ0v) is 15.6. The van der Waals surface area contributed by atoms with Crippen molar-refractivity contribution in [3.63, 3.8) is 0 Å². The van der Waals surface area contributed by atoms with Crippen LogP contribution in [0, 0.1) is 6.92 Å². The van der Waals surface area contributed by atoms with E-state index >= 15 is 0 Å². The van der Waals surface area contributed by atoms with Crippen molar-refractivity contribution in [2.45, 2.75) is 45.4 Å². The molecule has 2 atom stereocenters. The van der Waals surface area contributed by atoms with E-state index in [1.165, 1.54) is 4.80 Å². The van der Waals surface area contributed by atoms with Crippen LogP contribution in [0.15, 0.2) is 24.3 Å². The molecule has 0 unspecified atom stereocenters. The number of hydrogen-bond acceptors (Lipinski definition) is 5. The number of carbonyl (C=O) groups is 1. The van der Waals surface area contributed by atoms with Crippen molar-refractivity contribution in [2.24, 2.45) is 0 Å². The Morgan fingerprint density at radius 2 is 2.27 bits per heavy atom. The van der Waals surface area contributed by atoms with Crippen LogP contribution in [0.4, 0.5) is 0 Å². The zero-order chi connectivity index (χ0) is 18.7. The molecule has 1 aromatic carbocycles. The number of benzene rings is 1. The zero-order valence-electron chi connectivity index (χ0n) is 14.8. The number of hydrogen-bond donors (Lipinski definition) is 1. The van der Waals surface area contributed by atoms with E-state index in [1.807, 2.05) is 19.1 Å². The summed E-state index contributed by atoms with van der Waals surface area (Å²) in [7, 11) is 0. The Morgan fingerprint density at radius 1 is 1.46 bits per heavy atom. The Morgan fingerprint density at radius 3 is 2.96 bits per heavy atom. The molecule has 0 saturated carbocycles. The van der Waals surface area contributed by atoms with Gasteiger partial charge in [-0.25, -0.2) is 0 Å². The molecule has 0 aliphatic carbocycles. The molecule has 1 saturated heterocycles. The number of nitrogens with zero attached hydrogens (tertiary/aromatic N) is 5. The molecule has 1 fully saturated rings.